The quantitative estimate of drug-likeness (QED) is 0.639. The molecule has 0 saturated carbocycles. The van der Waals surface area contributed by atoms with Crippen molar-refractivity contribution in [1.82, 2.24) is 34.9 Å². The van der Waals surface area contributed by atoms with Gasteiger partial charge in [0.15, 0.2) is 5.82 Å². The van der Waals surface area contributed by atoms with Gasteiger partial charge in [-0.25, -0.2) is 4.98 Å². The van der Waals surface area contributed by atoms with Gasteiger partial charge in [0, 0.05) is 50.3 Å². The molecule has 2 aromatic heterocycles. The number of amides is 1. The number of H-pyrrole nitrogens is 1. The van der Waals surface area contributed by atoms with E-state index in [1.54, 1.807) is 6.33 Å². The van der Waals surface area contributed by atoms with Gasteiger partial charge in [-0.05, 0) is 0 Å². The SMILES string of the molecule is Cl.Cl.O=C(C1NCCc2[nH]cnc21)N1CCc2nnc(-c3ccccc3)n2CC1. The summed E-state index contributed by atoms with van der Waals surface area (Å²) in [6.45, 7) is 2.76. The molecule has 2 N–H and O–H groups in total. The number of carbonyl (C=O) groups excluding carboxylic acids is 1. The number of benzene rings is 1. The first-order chi connectivity index (χ1) is 13.3. The zero-order chi connectivity index (χ0) is 18.2. The fraction of sp³-hybridized carbons (Fsp3) is 0.368. The molecular weight excluding hydrogens is 413 g/mol. The zero-order valence-electron chi connectivity index (χ0n) is 15.7. The minimum Gasteiger partial charge on any atom is -0.348 e. The monoisotopic (exact) mass is 435 g/mol. The zero-order valence-corrected chi connectivity index (χ0v) is 17.4. The van der Waals surface area contributed by atoms with Crippen molar-refractivity contribution in [2.24, 2.45) is 0 Å². The number of fused-ring (bicyclic) bond motifs is 2. The van der Waals surface area contributed by atoms with E-state index >= 15 is 0 Å². The number of imidazole rings is 1. The molecule has 154 valence electrons. The molecule has 0 radical (unpaired) electrons. The molecule has 29 heavy (non-hydrogen) atoms. The Kier molecular flexibility index (Phi) is 6.56. The first-order valence-corrected chi connectivity index (χ1v) is 9.33. The van der Waals surface area contributed by atoms with Crippen molar-refractivity contribution in [3.63, 3.8) is 0 Å². The normalized spacial score (nSPS) is 17.9. The fourth-order valence-electron chi connectivity index (χ4n) is 3.95. The third-order valence-corrected chi connectivity index (χ3v) is 5.37. The second kappa shape index (κ2) is 8.94. The van der Waals surface area contributed by atoms with Gasteiger partial charge in [0.2, 0.25) is 5.91 Å². The molecule has 8 nitrogen and oxygen atoms in total. The molecule has 0 fully saturated rings. The third-order valence-electron chi connectivity index (χ3n) is 5.37. The standard InChI is InChI=1S/C19H21N7O.2ClH/c27-19(17-16-14(6-8-20-17)21-12-22-16)25-9-7-15-23-24-18(26(15)11-10-25)13-4-2-1-3-5-13;;/h1-5,12,17,20H,6-11H2,(H,21,22);2*1H. The van der Waals surface area contributed by atoms with E-state index in [-0.39, 0.29) is 36.8 Å². The van der Waals surface area contributed by atoms with Crippen molar-refractivity contribution in [3.05, 3.63) is 53.9 Å². The van der Waals surface area contributed by atoms with Crippen molar-refractivity contribution in [2.75, 3.05) is 19.6 Å². The van der Waals surface area contributed by atoms with Gasteiger partial charge in [0.25, 0.3) is 0 Å². The van der Waals surface area contributed by atoms with Gasteiger partial charge < -0.3 is 19.8 Å². The Morgan fingerprint density at radius 2 is 1.86 bits per heavy atom. The molecule has 1 aromatic carbocycles. The molecule has 2 aliphatic rings. The van der Waals surface area contributed by atoms with Crippen LogP contribution >= 0.6 is 24.8 Å². The highest BCUT2D eigenvalue weighted by molar-refractivity contribution is 5.85. The van der Waals surface area contributed by atoms with E-state index in [1.807, 2.05) is 35.2 Å². The van der Waals surface area contributed by atoms with Crippen molar-refractivity contribution >= 4 is 30.7 Å². The molecule has 0 spiro atoms. The highest BCUT2D eigenvalue weighted by Crippen LogP contribution is 2.24. The summed E-state index contributed by atoms with van der Waals surface area (Å²) in [6, 6.07) is 9.70. The lowest BCUT2D eigenvalue weighted by Crippen LogP contribution is -2.45. The molecule has 1 amide bonds. The summed E-state index contributed by atoms with van der Waals surface area (Å²) in [7, 11) is 0. The predicted octanol–water partition coefficient (Wildman–Crippen LogP) is 1.78. The second-order valence-corrected chi connectivity index (χ2v) is 6.94. The molecule has 1 unspecified atom stereocenters. The summed E-state index contributed by atoms with van der Waals surface area (Å²) in [5.74, 6) is 1.88. The number of nitrogens with zero attached hydrogens (tertiary/aromatic N) is 5. The maximum Gasteiger partial charge on any atom is 0.246 e. The molecule has 0 aliphatic carbocycles. The van der Waals surface area contributed by atoms with Gasteiger partial charge in [-0.2, -0.15) is 0 Å². The Balaban J connectivity index is 0.00000120. The summed E-state index contributed by atoms with van der Waals surface area (Å²) in [5.41, 5.74) is 2.94. The average Bonchev–Trinajstić information content (AvgIpc) is 3.30. The maximum absolute atomic E-state index is 13.2. The number of nitrogens with one attached hydrogen (secondary N) is 2. The van der Waals surface area contributed by atoms with E-state index in [4.69, 9.17) is 0 Å². The van der Waals surface area contributed by atoms with Crippen molar-refractivity contribution in [2.45, 2.75) is 25.4 Å². The predicted molar refractivity (Wildman–Crippen MR) is 113 cm³/mol. The summed E-state index contributed by atoms with van der Waals surface area (Å²) in [6.07, 6.45) is 3.25. The van der Waals surface area contributed by atoms with E-state index in [9.17, 15) is 4.79 Å². The summed E-state index contributed by atoms with van der Waals surface area (Å²) in [4.78, 5) is 22.6. The topological polar surface area (TPSA) is 91.7 Å². The first kappa shape index (κ1) is 21.3. The second-order valence-electron chi connectivity index (χ2n) is 6.94. The number of halogens is 2. The number of rotatable bonds is 2. The van der Waals surface area contributed by atoms with Crippen LogP contribution in [0.2, 0.25) is 0 Å². The Hall–Kier alpha value is -2.42. The molecule has 4 heterocycles. The number of hydrogen-bond acceptors (Lipinski definition) is 5. The molecule has 2 aliphatic heterocycles. The van der Waals surface area contributed by atoms with Crippen molar-refractivity contribution in [1.29, 1.82) is 0 Å². The van der Waals surface area contributed by atoms with Crippen molar-refractivity contribution < 1.29 is 4.79 Å². The Labute approximate surface area is 180 Å². The van der Waals surface area contributed by atoms with E-state index in [2.05, 4.69) is 30.0 Å². The average molecular weight is 436 g/mol. The summed E-state index contributed by atoms with van der Waals surface area (Å²) in [5, 5.41) is 12.1. The van der Waals surface area contributed by atoms with Gasteiger partial charge in [-0.1, -0.05) is 30.3 Å². The van der Waals surface area contributed by atoms with Gasteiger partial charge in [-0.15, -0.1) is 35.0 Å². The maximum atomic E-state index is 13.2. The lowest BCUT2D eigenvalue weighted by molar-refractivity contribution is -0.133. The Bertz CT molecular complexity index is 972. The van der Waals surface area contributed by atoms with Crippen LogP contribution < -0.4 is 5.32 Å². The highest BCUT2D eigenvalue weighted by Gasteiger charge is 2.33. The van der Waals surface area contributed by atoms with Crippen LogP contribution in [0.1, 0.15) is 23.3 Å². The minimum absolute atomic E-state index is 0. The first-order valence-electron chi connectivity index (χ1n) is 9.33. The van der Waals surface area contributed by atoms with Gasteiger partial charge in [0.1, 0.15) is 11.9 Å². The van der Waals surface area contributed by atoms with E-state index in [0.717, 1.165) is 41.6 Å². The molecule has 1 atom stereocenters. The highest BCUT2D eigenvalue weighted by atomic mass is 35.5. The minimum atomic E-state index is -0.364. The largest absolute Gasteiger partial charge is 0.348 e. The van der Waals surface area contributed by atoms with Crippen LogP contribution in [0.5, 0.6) is 0 Å². The van der Waals surface area contributed by atoms with Crippen LogP contribution in [0.4, 0.5) is 0 Å². The van der Waals surface area contributed by atoms with Crippen LogP contribution in [0.15, 0.2) is 36.7 Å². The molecule has 0 bridgehead atoms. The van der Waals surface area contributed by atoms with Gasteiger partial charge in [-0.3, -0.25) is 4.79 Å². The van der Waals surface area contributed by atoms with Gasteiger partial charge >= 0.3 is 0 Å². The van der Waals surface area contributed by atoms with Crippen LogP contribution in [0.25, 0.3) is 11.4 Å². The van der Waals surface area contributed by atoms with E-state index < -0.39 is 0 Å². The summed E-state index contributed by atoms with van der Waals surface area (Å²) < 4.78 is 2.14. The van der Waals surface area contributed by atoms with Crippen molar-refractivity contribution in [3.8, 4) is 11.4 Å². The van der Waals surface area contributed by atoms with Gasteiger partial charge in [0.05, 0.1) is 12.0 Å². The van der Waals surface area contributed by atoms with E-state index in [0.29, 0.717) is 26.1 Å². The molecule has 3 aromatic rings. The number of aromatic nitrogens is 5. The Morgan fingerprint density at radius 1 is 1.03 bits per heavy atom. The molecular formula is C19H23Cl2N7O. The van der Waals surface area contributed by atoms with Crippen LogP contribution in [-0.4, -0.2) is 55.2 Å². The number of hydrogen-bond donors (Lipinski definition) is 2. The fourth-order valence-corrected chi connectivity index (χ4v) is 3.95. The third kappa shape index (κ3) is 3.88. The lowest BCUT2D eigenvalue weighted by atomic mass is 10.0. The molecule has 10 heteroatoms. The molecule has 0 saturated heterocycles. The Morgan fingerprint density at radius 3 is 2.69 bits per heavy atom. The smallest absolute Gasteiger partial charge is 0.246 e. The van der Waals surface area contributed by atoms with Crippen LogP contribution in [0.3, 0.4) is 0 Å². The molecule has 5 rings (SSSR count). The number of aromatic amines is 1. The summed E-state index contributed by atoms with van der Waals surface area (Å²) >= 11 is 0. The number of carbonyl (C=O) groups is 1. The van der Waals surface area contributed by atoms with E-state index in [1.165, 1.54) is 0 Å². The van der Waals surface area contributed by atoms with Crippen LogP contribution in [0, 0.1) is 0 Å². The lowest BCUT2D eigenvalue weighted by Gasteiger charge is -2.28. The van der Waals surface area contributed by atoms with Crippen LogP contribution in [-0.2, 0) is 24.2 Å².